The molecule has 116 valence electrons. The van der Waals surface area contributed by atoms with E-state index in [9.17, 15) is 4.79 Å². The molecule has 0 spiro atoms. The molecule has 1 fully saturated rings. The average molecular weight is 313 g/mol. The lowest BCUT2D eigenvalue weighted by Crippen LogP contribution is -2.46. The van der Waals surface area contributed by atoms with Gasteiger partial charge in [0.1, 0.15) is 6.61 Å². The minimum absolute atomic E-state index is 0. The monoisotopic (exact) mass is 312 g/mol. The fourth-order valence-corrected chi connectivity index (χ4v) is 2.61. The summed E-state index contributed by atoms with van der Waals surface area (Å²) in [6, 6.07) is 7.42. The first-order valence-corrected chi connectivity index (χ1v) is 7.20. The first-order valence-electron chi connectivity index (χ1n) is 7.20. The molecule has 1 saturated heterocycles. The zero-order valence-corrected chi connectivity index (χ0v) is 12.7. The van der Waals surface area contributed by atoms with Crippen LogP contribution >= 0.6 is 12.4 Å². The molecule has 6 heteroatoms. The Morgan fingerprint density at radius 1 is 1.33 bits per heavy atom. The van der Waals surface area contributed by atoms with Crippen molar-refractivity contribution >= 4 is 18.3 Å². The maximum atomic E-state index is 12.1. The average Bonchev–Trinajstić information content (AvgIpc) is 2.53. The Labute approximate surface area is 130 Å². The van der Waals surface area contributed by atoms with Gasteiger partial charge in [-0.1, -0.05) is 12.1 Å². The van der Waals surface area contributed by atoms with Crippen molar-refractivity contribution in [2.75, 3.05) is 26.2 Å². The number of carbonyl (C=O) groups is 1. The number of hydrogen-bond acceptors (Lipinski definition) is 4. The number of halogens is 1. The predicted molar refractivity (Wildman–Crippen MR) is 82.2 cm³/mol. The highest BCUT2D eigenvalue weighted by Crippen LogP contribution is 2.30. The molecule has 0 radical (unpaired) electrons. The maximum absolute atomic E-state index is 12.1. The van der Waals surface area contributed by atoms with Crippen molar-refractivity contribution in [1.82, 2.24) is 10.6 Å². The quantitative estimate of drug-likeness (QED) is 0.885. The van der Waals surface area contributed by atoms with Gasteiger partial charge < -0.3 is 20.1 Å². The molecule has 2 unspecified atom stereocenters. The van der Waals surface area contributed by atoms with Gasteiger partial charge in [-0.3, -0.25) is 4.79 Å². The summed E-state index contributed by atoms with van der Waals surface area (Å²) >= 11 is 0. The van der Waals surface area contributed by atoms with Crippen LogP contribution in [0.4, 0.5) is 0 Å². The van der Waals surface area contributed by atoms with Crippen molar-refractivity contribution in [2.24, 2.45) is 5.92 Å². The first-order chi connectivity index (χ1) is 9.83. The molecule has 2 aliphatic rings. The predicted octanol–water partition coefficient (Wildman–Crippen LogP) is 1.36. The number of ether oxygens (including phenoxy) is 2. The second-order valence-corrected chi connectivity index (χ2v) is 5.32. The van der Waals surface area contributed by atoms with Gasteiger partial charge in [-0.2, -0.15) is 0 Å². The molecule has 1 aromatic rings. The van der Waals surface area contributed by atoms with E-state index in [0.29, 0.717) is 24.0 Å². The molecule has 0 aromatic heterocycles. The highest BCUT2D eigenvalue weighted by molar-refractivity contribution is 5.85. The molecule has 21 heavy (non-hydrogen) atoms. The first kappa shape index (κ1) is 15.9. The fraction of sp³-hybridized carbons (Fsp3) is 0.533. The van der Waals surface area contributed by atoms with Crippen LogP contribution < -0.4 is 20.1 Å². The van der Waals surface area contributed by atoms with E-state index < -0.39 is 6.10 Å². The molecule has 2 N–H and O–H groups in total. The van der Waals surface area contributed by atoms with Crippen molar-refractivity contribution in [1.29, 1.82) is 0 Å². The van der Waals surface area contributed by atoms with Gasteiger partial charge in [0.2, 0.25) is 6.10 Å². The number of nitrogens with one attached hydrogen (secondary N) is 2. The van der Waals surface area contributed by atoms with Gasteiger partial charge in [0.25, 0.3) is 5.91 Å². The lowest BCUT2D eigenvalue weighted by molar-refractivity contribution is -0.130. The van der Waals surface area contributed by atoms with Gasteiger partial charge in [0.15, 0.2) is 11.5 Å². The Hall–Kier alpha value is -1.46. The van der Waals surface area contributed by atoms with Gasteiger partial charge in [0.05, 0.1) is 0 Å². The van der Waals surface area contributed by atoms with Gasteiger partial charge >= 0.3 is 0 Å². The smallest absolute Gasteiger partial charge is 0.264 e. The van der Waals surface area contributed by atoms with E-state index in [4.69, 9.17) is 9.47 Å². The molecule has 2 aliphatic heterocycles. The van der Waals surface area contributed by atoms with E-state index >= 15 is 0 Å². The van der Waals surface area contributed by atoms with Crippen LogP contribution in [0.3, 0.4) is 0 Å². The third kappa shape index (κ3) is 4.02. The van der Waals surface area contributed by atoms with Crippen LogP contribution in [0.15, 0.2) is 24.3 Å². The van der Waals surface area contributed by atoms with Crippen LogP contribution in [0.2, 0.25) is 0 Å². The Morgan fingerprint density at radius 2 is 2.14 bits per heavy atom. The van der Waals surface area contributed by atoms with Crippen molar-refractivity contribution in [3.05, 3.63) is 24.3 Å². The Kier molecular flexibility index (Phi) is 5.70. The number of benzene rings is 1. The summed E-state index contributed by atoms with van der Waals surface area (Å²) in [7, 11) is 0. The molecule has 0 aliphatic carbocycles. The van der Waals surface area contributed by atoms with E-state index in [-0.39, 0.29) is 24.9 Å². The summed E-state index contributed by atoms with van der Waals surface area (Å²) in [5.41, 5.74) is 0. The zero-order chi connectivity index (χ0) is 13.8. The maximum Gasteiger partial charge on any atom is 0.264 e. The largest absolute Gasteiger partial charge is 0.485 e. The van der Waals surface area contributed by atoms with Crippen LogP contribution in [0.5, 0.6) is 11.5 Å². The van der Waals surface area contributed by atoms with E-state index in [2.05, 4.69) is 10.6 Å². The van der Waals surface area contributed by atoms with Gasteiger partial charge in [-0.15, -0.1) is 12.4 Å². The third-order valence-electron chi connectivity index (χ3n) is 3.76. The number of para-hydroxylation sites is 2. The normalized spacial score (nSPS) is 23.8. The summed E-state index contributed by atoms with van der Waals surface area (Å²) in [4.78, 5) is 12.1. The molecule has 2 atom stereocenters. The van der Waals surface area contributed by atoms with Crippen molar-refractivity contribution < 1.29 is 14.3 Å². The van der Waals surface area contributed by atoms with Crippen LogP contribution in [0.1, 0.15) is 12.8 Å². The SMILES string of the molecule is Cl.O=C(NCC1CCCNC1)C1COc2ccccc2O1. The lowest BCUT2D eigenvalue weighted by atomic mass is 10.00. The Bertz CT molecular complexity index is 478. The molecule has 5 nitrogen and oxygen atoms in total. The summed E-state index contributed by atoms with van der Waals surface area (Å²) in [5.74, 6) is 1.76. The van der Waals surface area contributed by atoms with E-state index in [1.165, 1.54) is 6.42 Å². The molecule has 2 heterocycles. The summed E-state index contributed by atoms with van der Waals surface area (Å²) in [6.07, 6.45) is 1.79. The van der Waals surface area contributed by atoms with Gasteiger partial charge in [0, 0.05) is 6.54 Å². The highest BCUT2D eigenvalue weighted by Gasteiger charge is 2.27. The Balaban J connectivity index is 0.00000161. The lowest BCUT2D eigenvalue weighted by Gasteiger charge is -2.27. The number of carbonyl (C=O) groups excluding carboxylic acids is 1. The van der Waals surface area contributed by atoms with Crippen LogP contribution in [-0.4, -0.2) is 38.3 Å². The molecule has 1 amide bonds. The van der Waals surface area contributed by atoms with E-state index in [1.54, 1.807) is 0 Å². The number of amides is 1. The topological polar surface area (TPSA) is 59.6 Å². The fourth-order valence-electron chi connectivity index (χ4n) is 2.61. The van der Waals surface area contributed by atoms with E-state index in [0.717, 1.165) is 19.5 Å². The molecule has 0 saturated carbocycles. The standard InChI is InChI=1S/C15H20N2O3.ClH/c18-15(17-9-11-4-3-7-16-8-11)14-10-19-12-5-1-2-6-13(12)20-14;/h1-2,5-6,11,14,16H,3-4,7-10H2,(H,17,18);1H. The minimum atomic E-state index is -0.554. The Morgan fingerprint density at radius 3 is 2.90 bits per heavy atom. The van der Waals surface area contributed by atoms with Crippen molar-refractivity contribution in [3.63, 3.8) is 0 Å². The molecular weight excluding hydrogens is 292 g/mol. The summed E-state index contributed by atoms with van der Waals surface area (Å²) < 4.78 is 11.2. The van der Waals surface area contributed by atoms with Crippen molar-refractivity contribution in [3.8, 4) is 11.5 Å². The number of hydrogen-bond donors (Lipinski definition) is 2. The third-order valence-corrected chi connectivity index (χ3v) is 3.76. The second-order valence-electron chi connectivity index (χ2n) is 5.32. The van der Waals surface area contributed by atoms with Crippen molar-refractivity contribution in [2.45, 2.75) is 18.9 Å². The summed E-state index contributed by atoms with van der Waals surface area (Å²) in [5, 5.41) is 6.31. The highest BCUT2D eigenvalue weighted by atomic mass is 35.5. The van der Waals surface area contributed by atoms with Crippen LogP contribution in [0, 0.1) is 5.92 Å². The number of piperidine rings is 1. The number of rotatable bonds is 3. The zero-order valence-electron chi connectivity index (χ0n) is 11.8. The molecule has 3 rings (SSSR count). The molecule has 0 bridgehead atoms. The number of fused-ring (bicyclic) bond motifs is 1. The summed E-state index contributed by atoms with van der Waals surface area (Å²) in [6.45, 7) is 3.03. The van der Waals surface area contributed by atoms with E-state index in [1.807, 2.05) is 24.3 Å². The minimum Gasteiger partial charge on any atom is -0.485 e. The van der Waals surface area contributed by atoms with Gasteiger partial charge in [-0.25, -0.2) is 0 Å². The molecule has 1 aromatic carbocycles. The van der Waals surface area contributed by atoms with Crippen LogP contribution in [0.25, 0.3) is 0 Å². The van der Waals surface area contributed by atoms with Crippen LogP contribution in [-0.2, 0) is 4.79 Å². The molecular formula is C15H21ClN2O3. The van der Waals surface area contributed by atoms with Gasteiger partial charge in [-0.05, 0) is 44.0 Å². The second kappa shape index (κ2) is 7.52.